The molecule has 0 bridgehead atoms. The maximum atomic E-state index is 6.17. The van der Waals surface area contributed by atoms with E-state index in [2.05, 4.69) is 0 Å². The average molecular weight is 406 g/mol. The molecule has 28 heavy (non-hydrogen) atoms. The van der Waals surface area contributed by atoms with Crippen LogP contribution in [0.5, 0.6) is 0 Å². The van der Waals surface area contributed by atoms with E-state index in [1.165, 1.54) is 0 Å². The highest BCUT2D eigenvalue weighted by molar-refractivity contribution is 4.98. The predicted octanol–water partition coefficient (Wildman–Crippen LogP) is 1.43. The molecule has 3 fully saturated rings. The van der Waals surface area contributed by atoms with E-state index in [-0.39, 0.29) is 18.3 Å². The van der Waals surface area contributed by atoms with Crippen LogP contribution < -0.4 is 0 Å². The molecule has 3 saturated heterocycles. The standard InChI is InChI=1S/C19H34O9/c1-12(22-10-9-21-8-7-20-6)24-15-14(13-11-23-18(2,3)26-13)25-17-16(15)27-19(4,5)28-17/h12-17H,7-11H2,1-6H3/t12?,13?,14-,15+,16-,17-/m1/s1. The van der Waals surface area contributed by atoms with Crippen molar-refractivity contribution >= 4 is 0 Å². The summed E-state index contributed by atoms with van der Waals surface area (Å²) in [5, 5.41) is 0. The Balaban J connectivity index is 1.55. The first-order valence-corrected chi connectivity index (χ1v) is 9.87. The van der Waals surface area contributed by atoms with Crippen molar-refractivity contribution < 1.29 is 42.6 Å². The highest BCUT2D eigenvalue weighted by Gasteiger charge is 2.59. The van der Waals surface area contributed by atoms with E-state index in [4.69, 9.17) is 42.6 Å². The van der Waals surface area contributed by atoms with E-state index in [9.17, 15) is 0 Å². The Kier molecular flexibility index (Phi) is 7.33. The first-order chi connectivity index (χ1) is 13.2. The van der Waals surface area contributed by atoms with Crippen LogP contribution in [0, 0.1) is 0 Å². The molecule has 6 atom stereocenters. The molecule has 0 aromatic carbocycles. The minimum Gasteiger partial charge on any atom is -0.382 e. The van der Waals surface area contributed by atoms with Crippen molar-refractivity contribution in [2.45, 2.75) is 83.2 Å². The number of fused-ring (bicyclic) bond motifs is 1. The number of rotatable bonds is 10. The molecule has 0 spiro atoms. The van der Waals surface area contributed by atoms with Crippen molar-refractivity contribution in [3.63, 3.8) is 0 Å². The summed E-state index contributed by atoms with van der Waals surface area (Å²) in [6.45, 7) is 11.7. The fourth-order valence-electron chi connectivity index (χ4n) is 3.61. The van der Waals surface area contributed by atoms with E-state index >= 15 is 0 Å². The molecular formula is C19H34O9. The van der Waals surface area contributed by atoms with Gasteiger partial charge in [0.1, 0.15) is 24.4 Å². The van der Waals surface area contributed by atoms with Gasteiger partial charge < -0.3 is 42.6 Å². The Labute approximate surface area is 166 Å². The van der Waals surface area contributed by atoms with Gasteiger partial charge in [0.15, 0.2) is 24.2 Å². The zero-order valence-electron chi connectivity index (χ0n) is 17.7. The lowest BCUT2D eigenvalue weighted by Crippen LogP contribution is -2.45. The van der Waals surface area contributed by atoms with Crippen LogP contribution in [0.15, 0.2) is 0 Å². The first kappa shape index (κ1) is 22.3. The van der Waals surface area contributed by atoms with E-state index < -0.39 is 30.3 Å². The SMILES string of the molecule is COCCOCCOC(C)O[C@@H]1[C@H]2OC(C)(C)O[C@H]2O[C@@H]1C1COC(C)(C)O1. The highest BCUT2D eigenvalue weighted by atomic mass is 16.9. The molecule has 3 aliphatic heterocycles. The van der Waals surface area contributed by atoms with Crippen LogP contribution in [-0.4, -0.2) is 88.7 Å². The van der Waals surface area contributed by atoms with E-state index in [0.29, 0.717) is 33.0 Å². The number of hydrogen-bond acceptors (Lipinski definition) is 9. The van der Waals surface area contributed by atoms with Gasteiger partial charge >= 0.3 is 0 Å². The number of hydrogen-bond donors (Lipinski definition) is 0. The van der Waals surface area contributed by atoms with Crippen molar-refractivity contribution in [1.29, 1.82) is 0 Å². The first-order valence-electron chi connectivity index (χ1n) is 9.87. The molecular weight excluding hydrogens is 372 g/mol. The summed E-state index contributed by atoms with van der Waals surface area (Å²) in [6, 6.07) is 0. The molecule has 0 amide bonds. The van der Waals surface area contributed by atoms with E-state index in [0.717, 1.165) is 0 Å². The van der Waals surface area contributed by atoms with Crippen molar-refractivity contribution in [2.75, 3.05) is 40.1 Å². The maximum absolute atomic E-state index is 6.17. The third-order valence-electron chi connectivity index (χ3n) is 4.78. The fraction of sp³-hybridized carbons (Fsp3) is 1.00. The van der Waals surface area contributed by atoms with Crippen LogP contribution in [-0.2, 0) is 42.6 Å². The van der Waals surface area contributed by atoms with Crippen LogP contribution >= 0.6 is 0 Å². The van der Waals surface area contributed by atoms with Crippen molar-refractivity contribution in [3.05, 3.63) is 0 Å². The van der Waals surface area contributed by atoms with Gasteiger partial charge in [0.25, 0.3) is 0 Å². The summed E-state index contributed by atoms with van der Waals surface area (Å²) < 4.78 is 51.9. The molecule has 3 rings (SSSR count). The topological polar surface area (TPSA) is 83.1 Å². The molecule has 0 N–H and O–H groups in total. The summed E-state index contributed by atoms with van der Waals surface area (Å²) in [5.74, 6) is -1.38. The van der Waals surface area contributed by atoms with Gasteiger partial charge in [-0.15, -0.1) is 0 Å². The molecule has 3 heterocycles. The molecule has 0 aromatic rings. The smallest absolute Gasteiger partial charge is 0.190 e. The lowest BCUT2D eigenvalue weighted by Gasteiger charge is -2.30. The summed E-state index contributed by atoms with van der Waals surface area (Å²) >= 11 is 0. The van der Waals surface area contributed by atoms with Crippen LogP contribution in [0.1, 0.15) is 34.6 Å². The summed E-state index contributed by atoms with van der Waals surface area (Å²) in [6.07, 6.45) is -2.40. The average Bonchev–Trinajstić information content (AvgIpc) is 3.21. The van der Waals surface area contributed by atoms with Gasteiger partial charge in [0.05, 0.1) is 33.0 Å². The van der Waals surface area contributed by atoms with Crippen molar-refractivity contribution in [1.82, 2.24) is 0 Å². The molecule has 2 unspecified atom stereocenters. The second-order valence-electron chi connectivity index (χ2n) is 8.08. The van der Waals surface area contributed by atoms with Gasteiger partial charge in [-0.3, -0.25) is 0 Å². The lowest BCUT2D eigenvalue weighted by molar-refractivity contribution is -0.254. The summed E-state index contributed by atoms with van der Waals surface area (Å²) in [7, 11) is 1.64. The van der Waals surface area contributed by atoms with Gasteiger partial charge in [0, 0.05) is 7.11 Å². The molecule has 0 aromatic heterocycles. The maximum Gasteiger partial charge on any atom is 0.190 e. The molecule has 9 heteroatoms. The second kappa shape index (κ2) is 9.20. The molecule has 0 radical (unpaired) electrons. The van der Waals surface area contributed by atoms with Gasteiger partial charge in [0.2, 0.25) is 0 Å². The van der Waals surface area contributed by atoms with Gasteiger partial charge in [-0.05, 0) is 34.6 Å². The minimum absolute atomic E-state index is 0.273. The zero-order chi connectivity index (χ0) is 20.4. The van der Waals surface area contributed by atoms with Gasteiger partial charge in [-0.25, -0.2) is 0 Å². The predicted molar refractivity (Wildman–Crippen MR) is 96.6 cm³/mol. The van der Waals surface area contributed by atoms with Crippen LogP contribution in [0.4, 0.5) is 0 Å². The quantitative estimate of drug-likeness (QED) is 0.395. The Morgan fingerprint density at radius 2 is 1.68 bits per heavy atom. The Bertz CT molecular complexity index is 498. The Hall–Kier alpha value is -0.360. The van der Waals surface area contributed by atoms with Crippen LogP contribution in [0.25, 0.3) is 0 Å². The lowest BCUT2D eigenvalue weighted by atomic mass is 10.1. The van der Waals surface area contributed by atoms with Gasteiger partial charge in [-0.1, -0.05) is 0 Å². The third-order valence-corrected chi connectivity index (χ3v) is 4.78. The summed E-state index contributed by atoms with van der Waals surface area (Å²) in [5.41, 5.74) is 0. The molecule has 3 aliphatic rings. The third kappa shape index (κ3) is 5.62. The largest absolute Gasteiger partial charge is 0.382 e. The van der Waals surface area contributed by atoms with Crippen molar-refractivity contribution in [3.8, 4) is 0 Å². The molecule has 9 nitrogen and oxygen atoms in total. The number of methoxy groups -OCH3 is 1. The molecule has 0 aliphatic carbocycles. The fourth-order valence-corrected chi connectivity index (χ4v) is 3.61. The Morgan fingerprint density at radius 3 is 2.36 bits per heavy atom. The second-order valence-corrected chi connectivity index (χ2v) is 8.08. The molecule has 164 valence electrons. The van der Waals surface area contributed by atoms with Crippen molar-refractivity contribution in [2.24, 2.45) is 0 Å². The number of ether oxygens (including phenoxy) is 9. The van der Waals surface area contributed by atoms with Crippen LogP contribution in [0.3, 0.4) is 0 Å². The molecule has 0 saturated carbocycles. The summed E-state index contributed by atoms with van der Waals surface area (Å²) in [4.78, 5) is 0. The van der Waals surface area contributed by atoms with E-state index in [1.807, 2.05) is 34.6 Å². The van der Waals surface area contributed by atoms with E-state index in [1.54, 1.807) is 7.11 Å². The highest BCUT2D eigenvalue weighted by Crippen LogP contribution is 2.42. The van der Waals surface area contributed by atoms with Gasteiger partial charge in [-0.2, -0.15) is 0 Å². The minimum atomic E-state index is -0.729. The zero-order valence-corrected chi connectivity index (χ0v) is 17.7. The Morgan fingerprint density at radius 1 is 0.929 bits per heavy atom. The monoisotopic (exact) mass is 406 g/mol. The normalized spacial score (nSPS) is 37.3. The van der Waals surface area contributed by atoms with Crippen LogP contribution in [0.2, 0.25) is 0 Å².